The molecule has 0 bridgehead atoms. The summed E-state index contributed by atoms with van der Waals surface area (Å²) in [5, 5.41) is 0.507. The van der Waals surface area contributed by atoms with Gasteiger partial charge in [-0.25, -0.2) is 0 Å². The lowest BCUT2D eigenvalue weighted by molar-refractivity contribution is -0.274. The third kappa shape index (κ3) is 3.89. The molecule has 0 aromatic heterocycles. The Morgan fingerprint density at radius 3 is 2.48 bits per heavy atom. The lowest BCUT2D eigenvalue weighted by Crippen LogP contribution is -2.18. The standard InChI is InChI=1S/C15H13ClF3NO/c1-9-4-2-7-12(13(9)16)14(20)10-5-3-6-11(8-10)21-15(17,18)19/h2-8,14H,20H2,1H3. The zero-order valence-corrected chi connectivity index (χ0v) is 11.9. The lowest BCUT2D eigenvalue weighted by Gasteiger charge is -2.17. The summed E-state index contributed by atoms with van der Waals surface area (Å²) in [5.74, 6) is -0.306. The van der Waals surface area contributed by atoms with Gasteiger partial charge >= 0.3 is 6.36 Å². The Balaban J connectivity index is 2.33. The van der Waals surface area contributed by atoms with Crippen LogP contribution in [-0.4, -0.2) is 6.36 Å². The van der Waals surface area contributed by atoms with Gasteiger partial charge in [-0.05, 0) is 35.7 Å². The van der Waals surface area contributed by atoms with Gasteiger partial charge in [0.15, 0.2) is 0 Å². The molecule has 0 aliphatic rings. The van der Waals surface area contributed by atoms with Crippen molar-refractivity contribution >= 4 is 11.6 Å². The molecule has 0 fully saturated rings. The van der Waals surface area contributed by atoms with E-state index in [0.717, 1.165) is 5.56 Å². The fourth-order valence-corrected chi connectivity index (χ4v) is 2.24. The maximum Gasteiger partial charge on any atom is 0.573 e. The van der Waals surface area contributed by atoms with Crippen LogP contribution in [0.2, 0.25) is 5.02 Å². The fraction of sp³-hybridized carbons (Fsp3) is 0.200. The van der Waals surface area contributed by atoms with Crippen LogP contribution in [0, 0.1) is 6.92 Å². The summed E-state index contributed by atoms with van der Waals surface area (Å²) < 4.78 is 40.6. The summed E-state index contributed by atoms with van der Waals surface area (Å²) in [7, 11) is 0. The first-order valence-electron chi connectivity index (χ1n) is 6.14. The van der Waals surface area contributed by atoms with Gasteiger partial charge in [0.1, 0.15) is 5.75 Å². The fourth-order valence-electron chi connectivity index (χ4n) is 1.99. The van der Waals surface area contributed by atoms with E-state index in [1.807, 2.05) is 13.0 Å². The Morgan fingerprint density at radius 1 is 1.14 bits per heavy atom. The molecule has 0 aliphatic heterocycles. The minimum atomic E-state index is -4.73. The van der Waals surface area contributed by atoms with Crippen molar-refractivity contribution in [3.05, 3.63) is 64.2 Å². The highest BCUT2D eigenvalue weighted by Gasteiger charge is 2.31. The molecule has 0 saturated heterocycles. The molecule has 2 rings (SSSR count). The molecule has 2 aromatic carbocycles. The van der Waals surface area contributed by atoms with Crippen LogP contribution in [-0.2, 0) is 0 Å². The van der Waals surface area contributed by atoms with E-state index >= 15 is 0 Å². The number of alkyl halides is 3. The van der Waals surface area contributed by atoms with Gasteiger partial charge in [-0.15, -0.1) is 13.2 Å². The summed E-state index contributed by atoms with van der Waals surface area (Å²) in [4.78, 5) is 0. The molecule has 2 aromatic rings. The molecule has 2 nitrogen and oxygen atoms in total. The number of halogens is 4. The van der Waals surface area contributed by atoms with Crippen molar-refractivity contribution < 1.29 is 17.9 Å². The van der Waals surface area contributed by atoms with Crippen molar-refractivity contribution in [1.29, 1.82) is 0 Å². The van der Waals surface area contributed by atoms with Gasteiger partial charge < -0.3 is 10.5 Å². The van der Waals surface area contributed by atoms with Gasteiger partial charge in [-0.3, -0.25) is 0 Å². The van der Waals surface area contributed by atoms with Gasteiger partial charge in [0, 0.05) is 5.02 Å². The zero-order chi connectivity index (χ0) is 15.6. The smallest absolute Gasteiger partial charge is 0.406 e. The molecular formula is C15H13ClF3NO. The van der Waals surface area contributed by atoms with Crippen molar-refractivity contribution in [2.45, 2.75) is 19.3 Å². The monoisotopic (exact) mass is 315 g/mol. The number of nitrogens with two attached hydrogens (primary N) is 1. The Bertz CT molecular complexity index is 643. The summed E-state index contributed by atoms with van der Waals surface area (Å²) in [6.07, 6.45) is -4.73. The minimum Gasteiger partial charge on any atom is -0.406 e. The molecule has 0 aliphatic carbocycles. The highest BCUT2D eigenvalue weighted by Crippen LogP contribution is 2.31. The summed E-state index contributed by atoms with van der Waals surface area (Å²) in [5.41, 5.74) is 8.10. The molecule has 112 valence electrons. The van der Waals surface area contributed by atoms with Crippen LogP contribution in [0.3, 0.4) is 0 Å². The van der Waals surface area contributed by atoms with Crippen molar-refractivity contribution in [3.63, 3.8) is 0 Å². The van der Waals surface area contributed by atoms with Crippen molar-refractivity contribution in [1.82, 2.24) is 0 Å². The lowest BCUT2D eigenvalue weighted by atomic mass is 9.98. The quantitative estimate of drug-likeness (QED) is 0.898. The zero-order valence-electron chi connectivity index (χ0n) is 11.1. The Morgan fingerprint density at radius 2 is 1.81 bits per heavy atom. The van der Waals surface area contributed by atoms with Crippen LogP contribution in [0.4, 0.5) is 13.2 Å². The molecule has 0 radical (unpaired) electrons. The van der Waals surface area contributed by atoms with E-state index in [1.165, 1.54) is 18.2 Å². The maximum absolute atomic E-state index is 12.2. The number of rotatable bonds is 3. The second-order valence-electron chi connectivity index (χ2n) is 4.58. The van der Waals surface area contributed by atoms with Crippen molar-refractivity contribution in [2.75, 3.05) is 0 Å². The third-order valence-corrected chi connectivity index (χ3v) is 3.52. The van der Waals surface area contributed by atoms with E-state index < -0.39 is 12.4 Å². The summed E-state index contributed by atoms with van der Waals surface area (Å²) >= 11 is 6.19. The van der Waals surface area contributed by atoms with Crippen LogP contribution in [0.25, 0.3) is 0 Å². The van der Waals surface area contributed by atoms with E-state index in [1.54, 1.807) is 18.2 Å². The topological polar surface area (TPSA) is 35.2 Å². The molecule has 21 heavy (non-hydrogen) atoms. The number of hydrogen-bond acceptors (Lipinski definition) is 2. The van der Waals surface area contributed by atoms with Crippen LogP contribution in [0.5, 0.6) is 5.75 Å². The molecule has 1 unspecified atom stereocenters. The number of hydrogen-bond donors (Lipinski definition) is 1. The van der Waals surface area contributed by atoms with E-state index in [4.69, 9.17) is 17.3 Å². The maximum atomic E-state index is 12.2. The van der Waals surface area contributed by atoms with Crippen molar-refractivity contribution in [3.8, 4) is 5.75 Å². The van der Waals surface area contributed by atoms with Gasteiger partial charge in [0.2, 0.25) is 0 Å². The van der Waals surface area contributed by atoms with Crippen molar-refractivity contribution in [2.24, 2.45) is 5.73 Å². The SMILES string of the molecule is Cc1cccc(C(N)c2cccc(OC(F)(F)F)c2)c1Cl. The second kappa shape index (κ2) is 5.95. The molecule has 6 heteroatoms. The minimum absolute atomic E-state index is 0.306. The van der Waals surface area contributed by atoms with Crippen LogP contribution >= 0.6 is 11.6 Å². The number of aryl methyl sites for hydroxylation is 1. The van der Waals surface area contributed by atoms with E-state index in [2.05, 4.69) is 4.74 Å². The van der Waals surface area contributed by atoms with Crippen LogP contribution in [0.1, 0.15) is 22.7 Å². The Hall–Kier alpha value is -1.72. The summed E-state index contributed by atoms with van der Waals surface area (Å²) in [6.45, 7) is 1.84. The number of benzene rings is 2. The van der Waals surface area contributed by atoms with Gasteiger partial charge in [-0.2, -0.15) is 0 Å². The normalized spacial score (nSPS) is 13.0. The molecule has 0 spiro atoms. The average Bonchev–Trinajstić information content (AvgIpc) is 2.39. The summed E-state index contributed by atoms with van der Waals surface area (Å²) in [6, 6.07) is 10.3. The first-order valence-corrected chi connectivity index (χ1v) is 6.52. The van der Waals surface area contributed by atoms with Gasteiger partial charge in [-0.1, -0.05) is 41.9 Å². The van der Waals surface area contributed by atoms with Gasteiger partial charge in [0.05, 0.1) is 6.04 Å². The molecule has 2 N–H and O–H groups in total. The molecule has 0 amide bonds. The highest BCUT2D eigenvalue weighted by molar-refractivity contribution is 6.32. The largest absolute Gasteiger partial charge is 0.573 e. The average molecular weight is 316 g/mol. The molecule has 0 heterocycles. The van der Waals surface area contributed by atoms with E-state index in [9.17, 15) is 13.2 Å². The van der Waals surface area contributed by atoms with Crippen LogP contribution < -0.4 is 10.5 Å². The Kier molecular flexibility index (Phi) is 4.44. The molecule has 0 saturated carbocycles. The predicted octanol–water partition coefficient (Wildman–Crippen LogP) is 4.60. The first-order chi connectivity index (χ1) is 9.78. The predicted molar refractivity (Wildman–Crippen MR) is 75.3 cm³/mol. The first kappa shape index (κ1) is 15.7. The van der Waals surface area contributed by atoms with Crippen LogP contribution in [0.15, 0.2) is 42.5 Å². The molecular weight excluding hydrogens is 303 g/mol. The van der Waals surface area contributed by atoms with E-state index in [-0.39, 0.29) is 5.75 Å². The second-order valence-corrected chi connectivity index (χ2v) is 4.95. The molecule has 1 atom stereocenters. The van der Waals surface area contributed by atoms with Gasteiger partial charge in [0.25, 0.3) is 0 Å². The highest BCUT2D eigenvalue weighted by atomic mass is 35.5. The Labute approximate surface area is 125 Å². The third-order valence-electron chi connectivity index (χ3n) is 3.01. The van der Waals surface area contributed by atoms with E-state index in [0.29, 0.717) is 16.1 Å². The number of ether oxygens (including phenoxy) is 1.